The molecule has 1 aliphatic rings. The molecule has 7 nitrogen and oxygen atoms in total. The smallest absolute Gasteiger partial charge is 0.341 e. The zero-order chi connectivity index (χ0) is 15.3. The van der Waals surface area contributed by atoms with E-state index < -0.39 is 22.6 Å². The number of hydrogen-bond acceptors (Lipinski definition) is 5. The molecule has 1 saturated heterocycles. The van der Waals surface area contributed by atoms with Crippen molar-refractivity contribution in [3.05, 3.63) is 24.3 Å². The molecule has 1 unspecified atom stereocenters. The number of anilines is 1. The van der Waals surface area contributed by atoms with Gasteiger partial charge in [0, 0.05) is 6.61 Å². The molecule has 1 fully saturated rings. The first-order valence-corrected chi connectivity index (χ1v) is 8.17. The van der Waals surface area contributed by atoms with Gasteiger partial charge in [-0.25, -0.2) is 13.2 Å². The van der Waals surface area contributed by atoms with Crippen molar-refractivity contribution < 1.29 is 27.8 Å². The molecule has 1 aliphatic heterocycles. The summed E-state index contributed by atoms with van der Waals surface area (Å²) < 4.78 is 36.9. The molecule has 1 atom stereocenters. The van der Waals surface area contributed by atoms with Crippen LogP contribution in [0.1, 0.15) is 12.8 Å². The van der Waals surface area contributed by atoms with E-state index >= 15 is 0 Å². The SMILES string of the molecule is O=C(O)COc1ccccc1NS(=O)(=O)CC1CCCO1. The molecule has 1 aromatic carbocycles. The highest BCUT2D eigenvalue weighted by Gasteiger charge is 2.24. The fraction of sp³-hybridized carbons (Fsp3) is 0.462. The number of benzene rings is 1. The Morgan fingerprint density at radius 2 is 2.19 bits per heavy atom. The lowest BCUT2D eigenvalue weighted by Gasteiger charge is -2.14. The normalized spacial score (nSPS) is 18.4. The number of rotatable bonds is 7. The van der Waals surface area contributed by atoms with Crippen molar-refractivity contribution in [2.75, 3.05) is 23.7 Å². The summed E-state index contributed by atoms with van der Waals surface area (Å²) in [5.41, 5.74) is 0.219. The van der Waals surface area contributed by atoms with Crippen molar-refractivity contribution >= 4 is 21.7 Å². The maximum atomic E-state index is 12.1. The third kappa shape index (κ3) is 4.91. The van der Waals surface area contributed by atoms with E-state index in [1.165, 1.54) is 12.1 Å². The van der Waals surface area contributed by atoms with Crippen LogP contribution in [0, 0.1) is 0 Å². The molecule has 0 radical (unpaired) electrons. The van der Waals surface area contributed by atoms with Gasteiger partial charge in [0.05, 0.1) is 17.5 Å². The number of carboxylic acid groups (broad SMARTS) is 1. The zero-order valence-electron chi connectivity index (χ0n) is 11.3. The highest BCUT2D eigenvalue weighted by Crippen LogP contribution is 2.25. The van der Waals surface area contributed by atoms with E-state index in [4.69, 9.17) is 14.6 Å². The van der Waals surface area contributed by atoms with Gasteiger partial charge in [0.2, 0.25) is 10.0 Å². The topological polar surface area (TPSA) is 102 Å². The molecule has 2 rings (SSSR count). The second-order valence-corrected chi connectivity index (χ2v) is 6.46. The van der Waals surface area contributed by atoms with Gasteiger partial charge >= 0.3 is 5.97 Å². The summed E-state index contributed by atoms with van der Waals surface area (Å²) in [4.78, 5) is 10.5. The molecule has 0 aromatic heterocycles. The minimum atomic E-state index is -3.58. The van der Waals surface area contributed by atoms with E-state index in [2.05, 4.69) is 4.72 Å². The standard InChI is InChI=1S/C13H17NO6S/c15-13(16)8-20-12-6-2-1-5-11(12)14-21(17,18)9-10-4-3-7-19-10/h1-2,5-6,10,14H,3-4,7-9H2,(H,15,16). The van der Waals surface area contributed by atoms with Crippen molar-refractivity contribution in [2.24, 2.45) is 0 Å². The molecular formula is C13H17NO6S. The van der Waals surface area contributed by atoms with Crippen molar-refractivity contribution in [3.8, 4) is 5.75 Å². The number of aliphatic carboxylic acids is 1. The Morgan fingerprint density at radius 3 is 2.86 bits per heavy atom. The second kappa shape index (κ2) is 6.77. The lowest BCUT2D eigenvalue weighted by atomic mass is 10.3. The molecule has 0 aliphatic carbocycles. The fourth-order valence-electron chi connectivity index (χ4n) is 2.05. The molecule has 0 spiro atoms. The van der Waals surface area contributed by atoms with Gasteiger partial charge in [-0.05, 0) is 25.0 Å². The van der Waals surface area contributed by atoms with Crippen LogP contribution in [0.5, 0.6) is 5.75 Å². The Kier molecular flexibility index (Phi) is 5.03. The van der Waals surface area contributed by atoms with Crippen molar-refractivity contribution in [1.82, 2.24) is 0 Å². The average molecular weight is 315 g/mol. The lowest BCUT2D eigenvalue weighted by molar-refractivity contribution is -0.139. The van der Waals surface area contributed by atoms with E-state index in [0.29, 0.717) is 6.61 Å². The van der Waals surface area contributed by atoms with Gasteiger partial charge in [0.1, 0.15) is 5.75 Å². The van der Waals surface area contributed by atoms with Crippen LogP contribution < -0.4 is 9.46 Å². The van der Waals surface area contributed by atoms with Gasteiger partial charge < -0.3 is 14.6 Å². The highest BCUT2D eigenvalue weighted by atomic mass is 32.2. The molecule has 2 N–H and O–H groups in total. The minimum Gasteiger partial charge on any atom is -0.480 e. The Balaban J connectivity index is 2.05. The summed E-state index contributed by atoms with van der Waals surface area (Å²) >= 11 is 0. The molecular weight excluding hydrogens is 298 g/mol. The molecule has 1 aromatic rings. The summed E-state index contributed by atoms with van der Waals surface area (Å²) in [5, 5.41) is 8.61. The number of carbonyl (C=O) groups is 1. The third-order valence-corrected chi connectivity index (χ3v) is 4.27. The zero-order valence-corrected chi connectivity index (χ0v) is 12.1. The van der Waals surface area contributed by atoms with Crippen LogP contribution in [0.3, 0.4) is 0 Å². The van der Waals surface area contributed by atoms with Gasteiger partial charge in [0.15, 0.2) is 6.61 Å². The maximum absolute atomic E-state index is 12.1. The fourth-order valence-corrected chi connectivity index (χ4v) is 3.39. The molecule has 0 bridgehead atoms. The van der Waals surface area contributed by atoms with E-state index in [9.17, 15) is 13.2 Å². The number of sulfonamides is 1. The van der Waals surface area contributed by atoms with E-state index in [0.717, 1.165) is 12.8 Å². The summed E-state index contributed by atoms with van der Waals surface area (Å²) in [6.07, 6.45) is 1.28. The van der Waals surface area contributed by atoms with Crippen LogP contribution >= 0.6 is 0 Å². The van der Waals surface area contributed by atoms with Crippen LogP contribution in [-0.4, -0.2) is 44.6 Å². The van der Waals surface area contributed by atoms with Gasteiger partial charge in [-0.1, -0.05) is 12.1 Å². The predicted octanol–water partition coefficient (Wildman–Crippen LogP) is 1.07. The van der Waals surface area contributed by atoms with Gasteiger partial charge in [-0.2, -0.15) is 0 Å². The number of hydrogen-bond donors (Lipinski definition) is 2. The van der Waals surface area contributed by atoms with Crippen LogP contribution in [0.4, 0.5) is 5.69 Å². The minimum absolute atomic E-state index is 0.125. The Labute approximate surface area is 122 Å². The molecule has 8 heteroatoms. The van der Waals surface area contributed by atoms with Crippen LogP contribution in [0.15, 0.2) is 24.3 Å². The Morgan fingerprint density at radius 1 is 1.43 bits per heavy atom. The number of para-hydroxylation sites is 2. The summed E-state index contributed by atoms with van der Waals surface area (Å²) in [6, 6.07) is 6.30. The number of ether oxygens (including phenoxy) is 2. The van der Waals surface area contributed by atoms with Crippen molar-refractivity contribution in [2.45, 2.75) is 18.9 Å². The molecule has 116 valence electrons. The van der Waals surface area contributed by atoms with Crippen molar-refractivity contribution in [3.63, 3.8) is 0 Å². The Bertz CT molecular complexity index is 594. The first-order chi connectivity index (χ1) is 9.96. The Hall–Kier alpha value is -1.80. The summed E-state index contributed by atoms with van der Waals surface area (Å²) in [6.45, 7) is 0.0446. The predicted molar refractivity (Wildman–Crippen MR) is 76.0 cm³/mol. The van der Waals surface area contributed by atoms with E-state index in [-0.39, 0.29) is 23.3 Å². The van der Waals surface area contributed by atoms with E-state index in [1.807, 2.05) is 0 Å². The van der Waals surface area contributed by atoms with Crippen LogP contribution in [-0.2, 0) is 19.6 Å². The lowest BCUT2D eigenvalue weighted by Crippen LogP contribution is -2.26. The molecule has 0 amide bonds. The van der Waals surface area contributed by atoms with Gasteiger partial charge in [0.25, 0.3) is 0 Å². The van der Waals surface area contributed by atoms with E-state index in [1.54, 1.807) is 12.1 Å². The first kappa shape index (κ1) is 15.6. The highest BCUT2D eigenvalue weighted by molar-refractivity contribution is 7.92. The molecule has 0 saturated carbocycles. The second-order valence-electron chi connectivity index (χ2n) is 4.70. The largest absolute Gasteiger partial charge is 0.480 e. The maximum Gasteiger partial charge on any atom is 0.341 e. The average Bonchev–Trinajstić information content (AvgIpc) is 2.89. The summed E-state index contributed by atoms with van der Waals surface area (Å²) in [5.74, 6) is -1.08. The number of carboxylic acids is 1. The van der Waals surface area contributed by atoms with Gasteiger partial charge in [-0.15, -0.1) is 0 Å². The van der Waals surface area contributed by atoms with Crippen LogP contribution in [0.2, 0.25) is 0 Å². The van der Waals surface area contributed by atoms with Gasteiger partial charge in [-0.3, -0.25) is 4.72 Å². The van der Waals surface area contributed by atoms with Crippen LogP contribution in [0.25, 0.3) is 0 Å². The molecule has 1 heterocycles. The molecule has 21 heavy (non-hydrogen) atoms. The monoisotopic (exact) mass is 315 g/mol. The first-order valence-electron chi connectivity index (χ1n) is 6.52. The quantitative estimate of drug-likeness (QED) is 0.780. The number of nitrogens with one attached hydrogen (secondary N) is 1. The van der Waals surface area contributed by atoms with Crippen molar-refractivity contribution in [1.29, 1.82) is 0 Å². The summed E-state index contributed by atoms with van der Waals surface area (Å²) in [7, 11) is -3.58. The third-order valence-electron chi connectivity index (χ3n) is 2.93.